The van der Waals surface area contributed by atoms with Crippen molar-refractivity contribution in [2.24, 2.45) is 0 Å². The van der Waals surface area contributed by atoms with Crippen LogP contribution in [0.1, 0.15) is 17.2 Å². The van der Waals surface area contributed by atoms with Gasteiger partial charge in [-0.3, -0.25) is 9.59 Å². The Morgan fingerprint density at radius 3 is 2.33 bits per heavy atom. The van der Waals surface area contributed by atoms with Crippen molar-refractivity contribution in [2.75, 3.05) is 11.9 Å². The van der Waals surface area contributed by atoms with Crippen molar-refractivity contribution < 1.29 is 32.3 Å². The molecule has 2 aromatic rings. The summed E-state index contributed by atoms with van der Waals surface area (Å²) in [6.07, 6.45) is -2.90. The lowest BCUT2D eigenvalue weighted by molar-refractivity contribution is -0.137. The highest BCUT2D eigenvalue weighted by atomic mass is 19.4. The summed E-state index contributed by atoms with van der Waals surface area (Å²) < 4.78 is 42.0. The van der Waals surface area contributed by atoms with E-state index in [0.717, 1.165) is 24.3 Å². The van der Waals surface area contributed by atoms with Crippen LogP contribution in [0.3, 0.4) is 0 Å². The minimum absolute atomic E-state index is 0.0403. The molecule has 0 bridgehead atoms. The molecule has 0 saturated carbocycles. The van der Waals surface area contributed by atoms with Crippen molar-refractivity contribution in [2.45, 2.75) is 12.3 Å². The van der Waals surface area contributed by atoms with Crippen LogP contribution in [-0.4, -0.2) is 23.5 Å². The number of hydrogen-bond acceptors (Lipinski definition) is 4. The van der Waals surface area contributed by atoms with Crippen LogP contribution >= 0.6 is 0 Å². The van der Waals surface area contributed by atoms with Crippen LogP contribution in [0.15, 0.2) is 47.3 Å². The second-order valence-corrected chi connectivity index (χ2v) is 4.81. The minimum atomic E-state index is -4.48. The molecule has 0 aliphatic rings. The van der Waals surface area contributed by atoms with Gasteiger partial charge in [-0.25, -0.2) is 0 Å². The van der Waals surface area contributed by atoms with Crippen molar-refractivity contribution in [3.8, 4) is 0 Å². The smallest absolute Gasteiger partial charge is 0.416 e. The average Bonchev–Trinajstić information content (AvgIpc) is 3.06. The van der Waals surface area contributed by atoms with E-state index >= 15 is 0 Å². The van der Waals surface area contributed by atoms with Gasteiger partial charge in [0.25, 0.3) is 0 Å². The summed E-state index contributed by atoms with van der Waals surface area (Å²) in [7, 11) is 0. The van der Waals surface area contributed by atoms with Gasteiger partial charge in [-0.1, -0.05) is 0 Å². The van der Waals surface area contributed by atoms with Gasteiger partial charge in [-0.15, -0.1) is 0 Å². The molecule has 0 radical (unpaired) electrons. The summed E-state index contributed by atoms with van der Waals surface area (Å²) >= 11 is 0. The summed E-state index contributed by atoms with van der Waals surface area (Å²) in [6.45, 7) is -0.223. The van der Waals surface area contributed by atoms with E-state index in [0.29, 0.717) is 5.56 Å². The van der Waals surface area contributed by atoms with E-state index in [4.69, 9.17) is 4.42 Å². The van der Waals surface area contributed by atoms with Gasteiger partial charge in [-0.2, -0.15) is 13.2 Å². The molecule has 1 atom stereocenters. The van der Waals surface area contributed by atoms with E-state index in [1.807, 2.05) is 0 Å². The van der Waals surface area contributed by atoms with E-state index in [9.17, 15) is 27.9 Å². The van der Waals surface area contributed by atoms with E-state index in [1.165, 1.54) is 18.6 Å². The number of nitrogens with one attached hydrogen (secondary N) is 2. The first kappa shape index (κ1) is 17.5. The van der Waals surface area contributed by atoms with Crippen LogP contribution in [0, 0.1) is 0 Å². The third kappa shape index (κ3) is 4.59. The van der Waals surface area contributed by atoms with Crippen molar-refractivity contribution in [1.29, 1.82) is 0 Å². The number of hydrogen-bond donors (Lipinski definition) is 3. The van der Waals surface area contributed by atoms with Crippen LogP contribution in [0.25, 0.3) is 0 Å². The van der Waals surface area contributed by atoms with Gasteiger partial charge < -0.3 is 20.2 Å². The number of carbonyl (C=O) groups is 2. The Morgan fingerprint density at radius 1 is 1.12 bits per heavy atom. The first-order chi connectivity index (χ1) is 11.3. The topological polar surface area (TPSA) is 91.6 Å². The molecular formula is C15H13F3N2O4. The largest absolute Gasteiger partial charge is 0.472 e. The number of amides is 2. The van der Waals surface area contributed by atoms with Gasteiger partial charge in [-0.05, 0) is 30.3 Å². The molecule has 128 valence electrons. The number of aliphatic hydroxyl groups excluding tert-OH is 1. The molecule has 24 heavy (non-hydrogen) atoms. The Morgan fingerprint density at radius 2 is 1.79 bits per heavy atom. The van der Waals surface area contributed by atoms with Crippen LogP contribution in [-0.2, 0) is 15.8 Å². The number of furan rings is 1. The molecule has 1 aromatic carbocycles. The van der Waals surface area contributed by atoms with Crippen molar-refractivity contribution in [3.05, 3.63) is 54.0 Å². The van der Waals surface area contributed by atoms with Crippen molar-refractivity contribution in [1.82, 2.24) is 5.32 Å². The van der Waals surface area contributed by atoms with Crippen LogP contribution < -0.4 is 10.6 Å². The Kier molecular flexibility index (Phi) is 5.24. The molecule has 0 fully saturated rings. The fraction of sp³-hybridized carbons (Fsp3) is 0.200. The van der Waals surface area contributed by atoms with Gasteiger partial charge in [0.15, 0.2) is 0 Å². The highest BCUT2D eigenvalue weighted by molar-refractivity contribution is 6.39. The number of carbonyl (C=O) groups excluding carboxylic acids is 2. The first-order valence-electron chi connectivity index (χ1n) is 6.74. The van der Waals surface area contributed by atoms with Crippen LogP contribution in [0.5, 0.6) is 0 Å². The standard InChI is InChI=1S/C15H13F3N2O4/c16-15(17,18)10-1-3-11(4-2-10)20-14(23)13(22)19-7-12(21)9-5-6-24-8-9/h1-6,8,12,21H,7H2,(H,19,22)(H,20,23). The van der Waals surface area contributed by atoms with Crippen molar-refractivity contribution in [3.63, 3.8) is 0 Å². The fourth-order valence-electron chi connectivity index (χ4n) is 1.78. The number of rotatable bonds is 4. The number of anilines is 1. The summed E-state index contributed by atoms with van der Waals surface area (Å²) in [4.78, 5) is 23.3. The molecule has 2 amide bonds. The SMILES string of the molecule is O=C(NCC(O)c1ccoc1)C(=O)Nc1ccc(C(F)(F)F)cc1. The van der Waals surface area contributed by atoms with E-state index < -0.39 is 29.7 Å². The number of alkyl halides is 3. The molecule has 0 spiro atoms. The third-order valence-electron chi connectivity index (χ3n) is 3.06. The van der Waals surface area contributed by atoms with Crippen molar-refractivity contribution >= 4 is 17.5 Å². The third-order valence-corrected chi connectivity index (χ3v) is 3.06. The fourth-order valence-corrected chi connectivity index (χ4v) is 1.78. The molecule has 0 aliphatic heterocycles. The van der Waals surface area contributed by atoms with Gasteiger partial charge >= 0.3 is 18.0 Å². The summed E-state index contributed by atoms with van der Waals surface area (Å²) in [6, 6.07) is 5.15. The molecule has 1 heterocycles. The molecule has 6 nitrogen and oxygen atoms in total. The molecule has 1 unspecified atom stereocenters. The van der Waals surface area contributed by atoms with Gasteiger partial charge in [0, 0.05) is 17.8 Å². The number of halogens is 3. The Labute approximate surface area is 134 Å². The molecule has 3 N–H and O–H groups in total. The number of benzene rings is 1. The predicted molar refractivity (Wildman–Crippen MR) is 76.8 cm³/mol. The van der Waals surface area contributed by atoms with Gasteiger partial charge in [0.2, 0.25) is 0 Å². The van der Waals surface area contributed by atoms with E-state index in [-0.39, 0.29) is 12.2 Å². The average molecular weight is 342 g/mol. The monoisotopic (exact) mass is 342 g/mol. The Bertz CT molecular complexity index is 697. The zero-order valence-corrected chi connectivity index (χ0v) is 12.1. The zero-order valence-electron chi connectivity index (χ0n) is 12.1. The lowest BCUT2D eigenvalue weighted by Crippen LogP contribution is -2.37. The maximum absolute atomic E-state index is 12.4. The summed E-state index contributed by atoms with van der Waals surface area (Å²) in [5.74, 6) is -2.09. The lowest BCUT2D eigenvalue weighted by Gasteiger charge is -2.11. The Hall–Kier alpha value is -2.81. The second-order valence-electron chi connectivity index (χ2n) is 4.81. The van der Waals surface area contributed by atoms with E-state index in [2.05, 4.69) is 10.6 Å². The van der Waals surface area contributed by atoms with Gasteiger partial charge in [0.05, 0.1) is 24.2 Å². The molecule has 9 heteroatoms. The predicted octanol–water partition coefficient (Wildman–Crippen LogP) is 2.09. The molecule has 0 aliphatic carbocycles. The lowest BCUT2D eigenvalue weighted by atomic mass is 10.2. The Balaban J connectivity index is 1.86. The normalized spacial score (nSPS) is 12.5. The number of aliphatic hydroxyl groups is 1. The quantitative estimate of drug-likeness (QED) is 0.742. The molecule has 2 rings (SSSR count). The highest BCUT2D eigenvalue weighted by Crippen LogP contribution is 2.29. The summed E-state index contributed by atoms with van der Waals surface area (Å²) in [5, 5.41) is 14.1. The second kappa shape index (κ2) is 7.18. The molecular weight excluding hydrogens is 329 g/mol. The maximum Gasteiger partial charge on any atom is 0.416 e. The van der Waals surface area contributed by atoms with Gasteiger partial charge in [0.1, 0.15) is 0 Å². The van der Waals surface area contributed by atoms with Crippen LogP contribution in [0.2, 0.25) is 0 Å². The van der Waals surface area contributed by atoms with Crippen LogP contribution in [0.4, 0.5) is 18.9 Å². The highest BCUT2D eigenvalue weighted by Gasteiger charge is 2.30. The molecule has 0 saturated heterocycles. The van der Waals surface area contributed by atoms with E-state index in [1.54, 1.807) is 0 Å². The molecule has 1 aromatic heterocycles. The first-order valence-corrected chi connectivity index (χ1v) is 6.74. The maximum atomic E-state index is 12.4. The summed E-state index contributed by atoms with van der Waals surface area (Å²) in [5.41, 5.74) is -0.398. The zero-order chi connectivity index (χ0) is 17.7. The minimum Gasteiger partial charge on any atom is -0.472 e.